The van der Waals surface area contributed by atoms with Crippen LogP contribution in [0.3, 0.4) is 0 Å². The van der Waals surface area contributed by atoms with Gasteiger partial charge in [0.05, 0.1) is 30.2 Å². The molecule has 2 fully saturated rings. The lowest BCUT2D eigenvalue weighted by molar-refractivity contribution is -0.0211. The Morgan fingerprint density at radius 3 is 3.26 bits per heavy atom. The van der Waals surface area contributed by atoms with Gasteiger partial charge in [0.1, 0.15) is 5.69 Å². The van der Waals surface area contributed by atoms with Gasteiger partial charge >= 0.3 is 0 Å². The van der Waals surface area contributed by atoms with Crippen LogP contribution in [0, 0.1) is 0 Å². The first kappa shape index (κ1) is 14.9. The van der Waals surface area contributed by atoms with E-state index in [1.165, 1.54) is 11.3 Å². The van der Waals surface area contributed by atoms with Crippen molar-refractivity contribution in [1.29, 1.82) is 0 Å². The largest absolute Gasteiger partial charge is 0.472 e. The molecule has 2 aromatic heterocycles. The summed E-state index contributed by atoms with van der Waals surface area (Å²) < 4.78 is 11.2. The second-order valence-electron chi connectivity index (χ2n) is 6.06. The number of furan rings is 1. The number of fused-ring (bicyclic) bond motifs is 1. The molecule has 122 valence electrons. The minimum Gasteiger partial charge on any atom is -0.472 e. The molecule has 2 aliphatic heterocycles. The third kappa shape index (κ3) is 3.04. The Bertz CT molecular complexity index is 644. The zero-order chi connectivity index (χ0) is 15.6. The van der Waals surface area contributed by atoms with Gasteiger partial charge in [-0.15, -0.1) is 11.3 Å². The van der Waals surface area contributed by atoms with E-state index in [9.17, 15) is 4.79 Å². The average Bonchev–Trinajstić information content (AvgIpc) is 3.30. The highest BCUT2D eigenvalue weighted by Crippen LogP contribution is 2.30. The number of carbonyl (C=O) groups is 1. The van der Waals surface area contributed by atoms with Crippen LogP contribution in [0.2, 0.25) is 0 Å². The summed E-state index contributed by atoms with van der Waals surface area (Å²) in [6.07, 6.45) is 5.70. The van der Waals surface area contributed by atoms with E-state index in [1.807, 2.05) is 6.07 Å². The Morgan fingerprint density at radius 2 is 2.48 bits per heavy atom. The van der Waals surface area contributed by atoms with Gasteiger partial charge in [-0.3, -0.25) is 9.69 Å². The maximum absolute atomic E-state index is 12.3. The normalized spacial score (nSPS) is 27.7. The Kier molecular flexibility index (Phi) is 4.15. The minimum atomic E-state index is -0.116. The highest BCUT2D eigenvalue weighted by molar-refractivity contribution is 7.07. The number of rotatable bonds is 4. The number of likely N-dealkylation sites (tertiary alicyclic amines) is 1. The van der Waals surface area contributed by atoms with Crippen molar-refractivity contribution >= 4 is 17.2 Å². The van der Waals surface area contributed by atoms with Gasteiger partial charge in [0.15, 0.2) is 0 Å². The van der Waals surface area contributed by atoms with Gasteiger partial charge in [-0.1, -0.05) is 0 Å². The standard InChI is InChI=1S/C16H19N3O3S/c20-16(13-9-23-10-17-13)18-12-7-19(6-11-3-5-21-8-11)14-2-1-4-22-15(12)14/h3,5,8-10,12,14-15H,1-2,4,6-7H2,(H,18,20)/t12-,14-,15-/m1/s1. The lowest BCUT2D eigenvalue weighted by Crippen LogP contribution is -2.47. The molecule has 4 heterocycles. The summed E-state index contributed by atoms with van der Waals surface area (Å²) in [5, 5.41) is 4.88. The van der Waals surface area contributed by atoms with E-state index in [4.69, 9.17) is 9.15 Å². The number of hydrogen-bond acceptors (Lipinski definition) is 6. The molecule has 0 spiro atoms. The quantitative estimate of drug-likeness (QED) is 0.925. The van der Waals surface area contributed by atoms with E-state index in [0.29, 0.717) is 11.7 Å². The SMILES string of the molecule is O=C(N[C@@H]1CN(Cc2ccoc2)[C@@H]2CCCO[C@@H]21)c1cscn1. The zero-order valence-corrected chi connectivity index (χ0v) is 13.5. The average molecular weight is 333 g/mol. The fourth-order valence-electron chi connectivity index (χ4n) is 3.55. The molecule has 23 heavy (non-hydrogen) atoms. The van der Waals surface area contributed by atoms with E-state index in [1.54, 1.807) is 23.4 Å². The predicted molar refractivity (Wildman–Crippen MR) is 85.2 cm³/mol. The Hall–Kier alpha value is -1.70. The zero-order valence-electron chi connectivity index (χ0n) is 12.7. The molecule has 1 N–H and O–H groups in total. The van der Waals surface area contributed by atoms with Crippen LogP contribution < -0.4 is 5.32 Å². The van der Waals surface area contributed by atoms with Crippen molar-refractivity contribution < 1.29 is 13.9 Å². The van der Waals surface area contributed by atoms with Gasteiger partial charge in [-0.25, -0.2) is 4.98 Å². The maximum Gasteiger partial charge on any atom is 0.271 e. The number of carbonyl (C=O) groups excluding carboxylic acids is 1. The van der Waals surface area contributed by atoms with Crippen LogP contribution >= 0.6 is 11.3 Å². The summed E-state index contributed by atoms with van der Waals surface area (Å²) in [6, 6.07) is 2.33. The number of ether oxygens (including phenoxy) is 1. The van der Waals surface area contributed by atoms with E-state index in [0.717, 1.165) is 38.1 Å². The first-order valence-electron chi connectivity index (χ1n) is 7.87. The van der Waals surface area contributed by atoms with Crippen LogP contribution in [0.1, 0.15) is 28.9 Å². The molecule has 6 nitrogen and oxygen atoms in total. The van der Waals surface area contributed by atoms with Crippen molar-refractivity contribution in [2.45, 2.75) is 37.6 Å². The molecule has 4 rings (SSSR count). The monoisotopic (exact) mass is 333 g/mol. The lowest BCUT2D eigenvalue weighted by Gasteiger charge is -2.32. The van der Waals surface area contributed by atoms with Crippen LogP contribution in [0.15, 0.2) is 33.9 Å². The molecular weight excluding hydrogens is 314 g/mol. The molecule has 0 aromatic carbocycles. The summed E-state index contributed by atoms with van der Waals surface area (Å²) in [4.78, 5) is 18.8. The molecule has 0 aliphatic carbocycles. The van der Waals surface area contributed by atoms with Crippen LogP contribution in [-0.2, 0) is 11.3 Å². The topological polar surface area (TPSA) is 67.6 Å². The lowest BCUT2D eigenvalue weighted by atomic mass is 10.0. The van der Waals surface area contributed by atoms with Gasteiger partial charge < -0.3 is 14.5 Å². The van der Waals surface area contributed by atoms with E-state index in [2.05, 4.69) is 15.2 Å². The van der Waals surface area contributed by atoms with Crippen molar-refractivity contribution in [3.05, 3.63) is 40.7 Å². The number of amides is 1. The van der Waals surface area contributed by atoms with Gasteiger partial charge in [0.2, 0.25) is 0 Å². The predicted octanol–water partition coefficient (Wildman–Crippen LogP) is 1.90. The maximum atomic E-state index is 12.3. The molecule has 0 unspecified atom stereocenters. The smallest absolute Gasteiger partial charge is 0.271 e. The molecule has 0 bridgehead atoms. The van der Waals surface area contributed by atoms with E-state index < -0.39 is 0 Å². The molecule has 0 radical (unpaired) electrons. The molecule has 0 saturated carbocycles. The highest BCUT2D eigenvalue weighted by atomic mass is 32.1. The number of nitrogens with one attached hydrogen (secondary N) is 1. The van der Waals surface area contributed by atoms with Crippen molar-refractivity contribution in [2.24, 2.45) is 0 Å². The van der Waals surface area contributed by atoms with Crippen LogP contribution in [0.5, 0.6) is 0 Å². The van der Waals surface area contributed by atoms with Gasteiger partial charge in [-0.2, -0.15) is 0 Å². The third-order valence-corrected chi connectivity index (χ3v) is 5.16. The molecule has 2 saturated heterocycles. The summed E-state index contributed by atoms with van der Waals surface area (Å²) in [5.74, 6) is -0.116. The van der Waals surface area contributed by atoms with Crippen molar-refractivity contribution in [2.75, 3.05) is 13.2 Å². The van der Waals surface area contributed by atoms with E-state index in [-0.39, 0.29) is 18.1 Å². The van der Waals surface area contributed by atoms with Crippen LogP contribution in [0.25, 0.3) is 0 Å². The van der Waals surface area contributed by atoms with Gasteiger partial charge in [0.25, 0.3) is 5.91 Å². The molecule has 2 aromatic rings. The summed E-state index contributed by atoms with van der Waals surface area (Å²) >= 11 is 1.43. The van der Waals surface area contributed by atoms with Crippen molar-refractivity contribution in [3.8, 4) is 0 Å². The molecule has 1 amide bonds. The Balaban J connectivity index is 1.47. The van der Waals surface area contributed by atoms with Crippen LogP contribution in [-0.4, -0.2) is 47.1 Å². The Morgan fingerprint density at radius 1 is 1.52 bits per heavy atom. The molecule has 2 aliphatic rings. The second kappa shape index (κ2) is 6.43. The summed E-state index contributed by atoms with van der Waals surface area (Å²) in [5.41, 5.74) is 3.31. The summed E-state index contributed by atoms with van der Waals surface area (Å²) in [6.45, 7) is 2.38. The van der Waals surface area contributed by atoms with Crippen LogP contribution in [0.4, 0.5) is 0 Å². The molecular formula is C16H19N3O3S. The Labute approximate surface area is 138 Å². The summed E-state index contributed by atoms with van der Waals surface area (Å²) in [7, 11) is 0. The van der Waals surface area contributed by atoms with Gasteiger partial charge in [-0.05, 0) is 18.9 Å². The fourth-order valence-corrected chi connectivity index (χ4v) is 4.08. The highest BCUT2D eigenvalue weighted by Gasteiger charge is 2.44. The first-order chi connectivity index (χ1) is 11.3. The van der Waals surface area contributed by atoms with Crippen molar-refractivity contribution in [1.82, 2.24) is 15.2 Å². The number of aromatic nitrogens is 1. The fraction of sp³-hybridized carbons (Fsp3) is 0.500. The first-order valence-corrected chi connectivity index (χ1v) is 8.81. The minimum absolute atomic E-state index is 0.00130. The molecule has 3 atom stereocenters. The second-order valence-corrected chi connectivity index (χ2v) is 6.78. The van der Waals surface area contributed by atoms with Crippen molar-refractivity contribution in [3.63, 3.8) is 0 Å². The number of thiazole rings is 1. The van der Waals surface area contributed by atoms with Gasteiger partial charge in [0, 0.05) is 36.7 Å². The molecule has 7 heteroatoms. The number of nitrogens with zero attached hydrogens (tertiary/aromatic N) is 2. The van der Waals surface area contributed by atoms with E-state index >= 15 is 0 Å². The number of hydrogen-bond donors (Lipinski definition) is 1. The third-order valence-electron chi connectivity index (χ3n) is 4.58.